The van der Waals surface area contributed by atoms with E-state index in [2.05, 4.69) is 48.5 Å². The lowest BCUT2D eigenvalue weighted by Crippen LogP contribution is -2.56. The molecule has 20 saturated carbocycles. The summed E-state index contributed by atoms with van der Waals surface area (Å²) in [5, 5.41) is 23.2. The molecule has 24 rings (SSSR count). The number of ether oxygens (including phenoxy) is 2. The summed E-state index contributed by atoms with van der Waals surface area (Å²) < 4.78 is 15.5. The lowest BCUT2D eigenvalue weighted by molar-refractivity contribution is -0.0424. The zero-order chi connectivity index (χ0) is 52.8. The molecule has 20 bridgehead atoms. The van der Waals surface area contributed by atoms with Gasteiger partial charge in [0.2, 0.25) is 0 Å². The average Bonchev–Trinajstić information content (AvgIpc) is 3.34. The number of phenolic OH excluding ortho intramolecular Hbond substituents is 2. The van der Waals surface area contributed by atoms with Gasteiger partial charge in [0.15, 0.2) is 0 Å². The molecule has 0 aromatic heterocycles. The Bertz CT molecular complexity index is 2890. The summed E-state index contributed by atoms with van der Waals surface area (Å²) in [4.78, 5) is 0. The van der Waals surface area contributed by atoms with Crippen molar-refractivity contribution < 1.29 is 19.7 Å². The smallest absolute Gasteiger partial charge is 0.142 e. The van der Waals surface area contributed by atoms with E-state index in [1.165, 1.54) is 208 Å². The topological polar surface area (TPSA) is 111 Å². The number of aromatic hydroxyl groups is 2. The maximum atomic E-state index is 11.6. The minimum absolute atomic E-state index is 0.0755. The largest absolute Gasteiger partial charge is 0.506 e. The number of anilines is 2. The van der Waals surface area contributed by atoms with Crippen molar-refractivity contribution in [3.8, 4) is 34.5 Å². The quantitative estimate of drug-likeness (QED) is 0.0930. The monoisotopic (exact) mass is 1070 g/mol. The molecule has 20 fully saturated rings. The van der Waals surface area contributed by atoms with E-state index in [4.69, 9.17) is 20.9 Å². The van der Waals surface area contributed by atoms with Crippen molar-refractivity contribution in [3.63, 3.8) is 0 Å². The zero-order valence-electron chi connectivity index (χ0n) is 47.9. The van der Waals surface area contributed by atoms with Gasteiger partial charge in [0.25, 0.3) is 0 Å². The molecule has 6 N–H and O–H groups in total. The molecule has 20 aliphatic rings. The van der Waals surface area contributed by atoms with Crippen molar-refractivity contribution in [3.05, 3.63) is 94.0 Å². The highest BCUT2D eigenvalue weighted by Gasteiger charge is 2.62. The normalized spacial score (nSPS) is 46.8. The first-order valence-electron chi connectivity index (χ1n) is 33.7. The molecule has 6 nitrogen and oxygen atoms in total. The van der Waals surface area contributed by atoms with Gasteiger partial charge in [0.05, 0.1) is 11.4 Å². The van der Waals surface area contributed by atoms with E-state index in [0.717, 1.165) is 106 Å². The summed E-state index contributed by atoms with van der Waals surface area (Å²) in [6.45, 7) is 0. The highest BCUT2D eigenvalue weighted by molar-refractivity contribution is 5.64. The number of benzene rings is 4. The lowest BCUT2D eigenvalue weighted by Gasteiger charge is -2.62. The minimum atomic E-state index is -0.105. The van der Waals surface area contributed by atoms with Crippen LogP contribution in [0.25, 0.3) is 0 Å². The Labute approximate surface area is 476 Å². The summed E-state index contributed by atoms with van der Waals surface area (Å²) >= 11 is 0. The van der Waals surface area contributed by atoms with Crippen molar-refractivity contribution in [2.24, 2.45) is 94.7 Å². The van der Waals surface area contributed by atoms with Gasteiger partial charge >= 0.3 is 0 Å². The van der Waals surface area contributed by atoms with E-state index < -0.39 is 0 Å². The number of hydrogen-bond acceptors (Lipinski definition) is 6. The molecule has 420 valence electrons. The molecule has 0 heterocycles. The highest BCUT2D eigenvalue weighted by Crippen LogP contribution is 2.71. The summed E-state index contributed by atoms with van der Waals surface area (Å²) in [6.07, 6.45) is 38.7. The Kier molecular flexibility index (Phi) is 9.93. The number of hydrogen-bond donors (Lipinski definition) is 4. The van der Waals surface area contributed by atoms with Crippen LogP contribution in [-0.4, -0.2) is 10.2 Å². The van der Waals surface area contributed by atoms with E-state index in [1.54, 1.807) is 11.1 Å². The summed E-state index contributed by atoms with van der Waals surface area (Å²) in [7, 11) is 0. The van der Waals surface area contributed by atoms with Crippen LogP contribution in [0.4, 0.5) is 11.4 Å². The van der Waals surface area contributed by atoms with Gasteiger partial charge in [-0.3, -0.25) is 0 Å². The maximum Gasteiger partial charge on any atom is 0.142 e. The fourth-order valence-corrected chi connectivity index (χ4v) is 27.8. The number of nitrogens with two attached hydrogens (primary N) is 2. The molecule has 0 saturated heterocycles. The van der Waals surface area contributed by atoms with E-state index in [9.17, 15) is 10.2 Å². The minimum Gasteiger partial charge on any atom is -0.506 e. The van der Waals surface area contributed by atoms with E-state index in [-0.39, 0.29) is 38.6 Å². The molecule has 0 aliphatic heterocycles. The third kappa shape index (κ3) is 6.89. The predicted molar refractivity (Wildman–Crippen MR) is 315 cm³/mol. The zero-order valence-corrected chi connectivity index (χ0v) is 47.9. The molecule has 6 heteroatoms. The molecule has 80 heavy (non-hydrogen) atoms. The number of phenols is 2. The van der Waals surface area contributed by atoms with Crippen LogP contribution in [0, 0.1) is 94.7 Å². The average molecular weight is 1070 g/mol. The second-order valence-electron chi connectivity index (χ2n) is 33.4. The summed E-state index contributed by atoms with van der Waals surface area (Å²) in [6, 6.07) is 24.0. The van der Waals surface area contributed by atoms with Crippen molar-refractivity contribution >= 4 is 11.4 Å². The van der Waals surface area contributed by atoms with E-state index in [0.29, 0.717) is 23.2 Å². The van der Waals surface area contributed by atoms with Crippen molar-refractivity contribution in [1.82, 2.24) is 0 Å². The van der Waals surface area contributed by atoms with Crippen molar-refractivity contribution in [2.45, 2.75) is 213 Å². The second-order valence-corrected chi connectivity index (χ2v) is 33.4. The maximum absolute atomic E-state index is 11.6. The number of nitrogen functional groups attached to an aromatic ring is 2. The first-order valence-corrected chi connectivity index (χ1v) is 33.7. The Morgan fingerprint density at radius 3 is 0.825 bits per heavy atom. The van der Waals surface area contributed by atoms with E-state index >= 15 is 0 Å². The van der Waals surface area contributed by atoms with Crippen LogP contribution in [-0.2, 0) is 27.1 Å². The summed E-state index contributed by atoms with van der Waals surface area (Å²) in [5.41, 5.74) is 23.5. The molecule has 4 aromatic carbocycles. The van der Waals surface area contributed by atoms with Gasteiger partial charge in [0.1, 0.15) is 34.5 Å². The molecular weight excluding hydrogens is 981 g/mol. The fourth-order valence-electron chi connectivity index (χ4n) is 27.8. The van der Waals surface area contributed by atoms with E-state index in [1.807, 2.05) is 12.1 Å². The van der Waals surface area contributed by atoms with Gasteiger partial charge in [-0.2, -0.15) is 0 Å². The van der Waals surface area contributed by atoms with Crippen LogP contribution >= 0.6 is 0 Å². The summed E-state index contributed by atoms with van der Waals surface area (Å²) in [5.74, 6) is 16.6. The first-order chi connectivity index (χ1) is 38.8. The molecule has 0 amide bonds. The van der Waals surface area contributed by atoms with Gasteiger partial charge in [-0.25, -0.2) is 0 Å². The van der Waals surface area contributed by atoms with Crippen molar-refractivity contribution in [2.75, 3.05) is 11.5 Å². The third-order valence-electron chi connectivity index (χ3n) is 28.5. The van der Waals surface area contributed by atoms with Gasteiger partial charge in [0, 0.05) is 39.8 Å². The Morgan fingerprint density at radius 1 is 0.300 bits per heavy atom. The fraction of sp³-hybridized carbons (Fsp3) is 0.676. The molecule has 0 atom stereocenters. The molecule has 0 spiro atoms. The predicted octanol–water partition coefficient (Wildman–Crippen LogP) is 17.5. The highest BCUT2D eigenvalue weighted by atomic mass is 16.5. The molecule has 0 unspecified atom stereocenters. The van der Waals surface area contributed by atoms with Crippen LogP contribution in [0.5, 0.6) is 34.5 Å². The van der Waals surface area contributed by atoms with Gasteiger partial charge in [-0.15, -0.1) is 0 Å². The van der Waals surface area contributed by atoms with Gasteiger partial charge < -0.3 is 31.2 Å². The Hall–Kier alpha value is -4.32. The third-order valence-corrected chi connectivity index (χ3v) is 28.5. The molecular formula is C74H90N2O4. The first kappa shape index (κ1) is 48.1. The lowest BCUT2D eigenvalue weighted by atomic mass is 9.41. The second kappa shape index (κ2) is 16.5. The van der Waals surface area contributed by atoms with Crippen molar-refractivity contribution in [1.29, 1.82) is 0 Å². The SMILES string of the molecule is Nc1cc(C23CC4CC(CC(C4)C2)C3)c(Oc2ccc(C3(c4ccc(Oc5cc(O)c(N)cc5C56CC7CC(CC(C7)C5)C6)c(C56CC7CC(CC(C7)C5)C6)c4)C4CC5CC(C4)CC3C5)cc2C23CC4CC(CC(C4)C2)C3)cc1O. The Balaban J connectivity index is 0.786. The standard InChI is InChI=1S/C74H90N2O4/c75-62-24-60(72-34-48-12-49(35-72)14-50(13-48)36-72)68(26-64(62)77)79-66-3-1-54(22-58(66)70-28-42-6-43(29-70)8-44(7-42)30-70)74(56-18-40-5-41(20-56)21-57(74)19-40)55-2-4-67(59(23-55)71-31-45-9-46(32-71)11-47(10-45)33-71)80-69-27-65(78)63(76)25-61(69)73-37-51-15-52(38-73)17-53(16-51)39-73/h1-4,22-27,40-53,56-57,77-78H,5-21,28-39,75-76H2. The molecule has 20 aliphatic carbocycles. The van der Waals surface area contributed by atoms with Gasteiger partial charge in [-0.05, 0) is 338 Å². The molecule has 0 radical (unpaired) electrons. The van der Waals surface area contributed by atoms with Crippen LogP contribution in [0.2, 0.25) is 0 Å². The van der Waals surface area contributed by atoms with Crippen LogP contribution in [0.15, 0.2) is 60.7 Å². The van der Waals surface area contributed by atoms with Gasteiger partial charge in [-0.1, -0.05) is 24.3 Å². The number of rotatable bonds is 10. The van der Waals surface area contributed by atoms with Crippen LogP contribution < -0.4 is 20.9 Å². The Morgan fingerprint density at radius 2 is 0.550 bits per heavy atom. The van der Waals surface area contributed by atoms with Crippen LogP contribution in [0.1, 0.15) is 220 Å². The molecule has 4 aromatic rings. The van der Waals surface area contributed by atoms with Crippen LogP contribution in [0.3, 0.4) is 0 Å².